The van der Waals surface area contributed by atoms with Crippen molar-refractivity contribution in [1.82, 2.24) is 9.97 Å². The zero-order valence-electron chi connectivity index (χ0n) is 11.3. The number of nitrogen functional groups attached to an aromatic ring is 1. The Morgan fingerprint density at radius 3 is 2.40 bits per heavy atom. The van der Waals surface area contributed by atoms with Crippen LogP contribution in [0.5, 0.6) is 0 Å². The molecule has 0 atom stereocenters. The molecule has 1 aromatic heterocycles. The molecular weight excluding hydrogens is 270 g/mol. The van der Waals surface area contributed by atoms with E-state index in [0.29, 0.717) is 17.0 Å². The Balaban J connectivity index is 1.76. The van der Waals surface area contributed by atoms with Crippen molar-refractivity contribution in [2.24, 2.45) is 5.84 Å². The van der Waals surface area contributed by atoms with Crippen LogP contribution in [-0.2, 0) is 12.8 Å². The first kappa shape index (κ1) is 13.2. The number of fused-ring (bicyclic) bond motifs is 1. The van der Waals surface area contributed by atoms with Gasteiger partial charge in [0, 0.05) is 12.1 Å². The predicted octanol–water partition coefficient (Wildman–Crippen LogP) is 2.06. The van der Waals surface area contributed by atoms with Crippen LogP contribution in [0.4, 0.5) is 11.6 Å². The molecule has 0 spiro atoms. The molecule has 4 N–H and O–H groups in total. The number of hydrazine groups is 1. The number of hydrogen-bond acceptors (Lipinski definition) is 6. The van der Waals surface area contributed by atoms with E-state index in [1.54, 1.807) is 0 Å². The normalized spacial score (nSPS) is 14.1. The second-order valence-electron chi connectivity index (χ2n) is 4.79. The summed E-state index contributed by atoms with van der Waals surface area (Å²) in [5.74, 6) is 6.88. The highest BCUT2D eigenvalue weighted by atomic mass is 32.2. The van der Waals surface area contributed by atoms with Crippen molar-refractivity contribution < 1.29 is 0 Å². The Hall–Kier alpha value is -1.79. The summed E-state index contributed by atoms with van der Waals surface area (Å²) in [6.07, 6.45) is 4.01. The summed E-state index contributed by atoms with van der Waals surface area (Å²) < 4.78 is 0. The zero-order chi connectivity index (χ0) is 13.9. The summed E-state index contributed by atoms with van der Waals surface area (Å²) in [6, 6.07) is 10.8. The minimum atomic E-state index is 0.377. The van der Waals surface area contributed by atoms with Crippen LogP contribution in [-0.4, -0.2) is 22.3 Å². The summed E-state index contributed by atoms with van der Waals surface area (Å²) in [7, 11) is 0. The van der Waals surface area contributed by atoms with Crippen LogP contribution in [0.1, 0.15) is 11.1 Å². The lowest BCUT2D eigenvalue weighted by molar-refractivity contribution is 0.763. The molecule has 3 rings (SSSR count). The Kier molecular flexibility index (Phi) is 3.75. The van der Waals surface area contributed by atoms with E-state index in [0.717, 1.165) is 18.7 Å². The first-order valence-corrected chi connectivity index (χ1v) is 7.74. The van der Waals surface area contributed by atoms with Crippen molar-refractivity contribution in [2.45, 2.75) is 24.0 Å². The Morgan fingerprint density at radius 1 is 1.15 bits per heavy atom. The van der Waals surface area contributed by atoms with Crippen LogP contribution >= 0.6 is 11.8 Å². The fraction of sp³-hybridized carbons (Fsp3) is 0.286. The molecule has 0 unspecified atom stereocenters. The van der Waals surface area contributed by atoms with E-state index < -0.39 is 0 Å². The number of anilines is 2. The molecule has 0 saturated heterocycles. The number of nitrogens with one attached hydrogen (secondary N) is 2. The largest absolute Gasteiger partial charge is 0.366 e. The van der Waals surface area contributed by atoms with Crippen molar-refractivity contribution in [1.29, 1.82) is 0 Å². The van der Waals surface area contributed by atoms with Gasteiger partial charge in [0.05, 0.1) is 0 Å². The Morgan fingerprint density at radius 2 is 1.80 bits per heavy atom. The SMILES string of the molecule is CSc1nc(NN)cc(NC2Cc3ccccc3C2)n1. The molecule has 1 heterocycles. The summed E-state index contributed by atoms with van der Waals surface area (Å²) in [4.78, 5) is 8.73. The van der Waals surface area contributed by atoms with Gasteiger partial charge in [0.15, 0.2) is 5.16 Å². The molecule has 20 heavy (non-hydrogen) atoms. The van der Waals surface area contributed by atoms with Crippen molar-refractivity contribution in [3.05, 3.63) is 41.5 Å². The van der Waals surface area contributed by atoms with Crippen LogP contribution in [0.2, 0.25) is 0 Å². The van der Waals surface area contributed by atoms with Crippen LogP contribution in [0.15, 0.2) is 35.5 Å². The van der Waals surface area contributed by atoms with Gasteiger partial charge in [-0.05, 0) is 30.2 Å². The molecule has 0 amide bonds. The standard InChI is InChI=1S/C14H17N5S/c1-20-14-17-12(8-13(18-14)19-15)16-11-6-9-4-2-3-5-10(9)7-11/h2-5,8,11H,6-7,15H2,1H3,(H2,16,17,18,19). The van der Waals surface area contributed by atoms with Gasteiger partial charge in [-0.25, -0.2) is 15.8 Å². The second-order valence-corrected chi connectivity index (χ2v) is 5.56. The number of nitrogens with two attached hydrogens (primary N) is 1. The third-order valence-corrected chi connectivity index (χ3v) is 3.99. The van der Waals surface area contributed by atoms with Gasteiger partial charge in [0.1, 0.15) is 11.6 Å². The molecule has 0 bridgehead atoms. The number of rotatable bonds is 4. The van der Waals surface area contributed by atoms with E-state index in [4.69, 9.17) is 5.84 Å². The van der Waals surface area contributed by atoms with Crippen molar-refractivity contribution in [2.75, 3.05) is 17.0 Å². The molecule has 1 aromatic carbocycles. The molecule has 1 aliphatic carbocycles. The van der Waals surface area contributed by atoms with Crippen molar-refractivity contribution in [3.63, 3.8) is 0 Å². The van der Waals surface area contributed by atoms with E-state index in [1.165, 1.54) is 22.9 Å². The monoisotopic (exact) mass is 287 g/mol. The summed E-state index contributed by atoms with van der Waals surface area (Å²) in [6.45, 7) is 0. The molecule has 0 radical (unpaired) electrons. The Labute approximate surface area is 122 Å². The number of hydrogen-bond donors (Lipinski definition) is 3. The number of nitrogens with zero attached hydrogens (tertiary/aromatic N) is 2. The molecule has 104 valence electrons. The second kappa shape index (κ2) is 5.68. The molecule has 0 saturated carbocycles. The molecule has 5 nitrogen and oxygen atoms in total. The third-order valence-electron chi connectivity index (χ3n) is 3.44. The predicted molar refractivity (Wildman–Crippen MR) is 82.9 cm³/mol. The maximum atomic E-state index is 5.44. The third kappa shape index (κ3) is 2.71. The van der Waals surface area contributed by atoms with E-state index in [-0.39, 0.29) is 0 Å². The van der Waals surface area contributed by atoms with Crippen LogP contribution in [0, 0.1) is 0 Å². The lowest BCUT2D eigenvalue weighted by Crippen LogP contribution is -2.21. The fourth-order valence-electron chi connectivity index (χ4n) is 2.53. The van der Waals surface area contributed by atoms with E-state index in [9.17, 15) is 0 Å². The quantitative estimate of drug-likeness (QED) is 0.346. The van der Waals surface area contributed by atoms with Gasteiger partial charge >= 0.3 is 0 Å². The first-order valence-electron chi connectivity index (χ1n) is 6.51. The van der Waals surface area contributed by atoms with Gasteiger partial charge < -0.3 is 10.7 Å². The molecule has 6 heteroatoms. The van der Waals surface area contributed by atoms with Gasteiger partial charge in [-0.3, -0.25) is 0 Å². The van der Waals surface area contributed by atoms with Crippen LogP contribution in [0.3, 0.4) is 0 Å². The number of thioether (sulfide) groups is 1. The zero-order valence-corrected chi connectivity index (χ0v) is 12.1. The highest BCUT2D eigenvalue weighted by Gasteiger charge is 2.21. The highest BCUT2D eigenvalue weighted by molar-refractivity contribution is 7.98. The summed E-state index contributed by atoms with van der Waals surface area (Å²) >= 11 is 1.50. The van der Waals surface area contributed by atoms with Gasteiger partial charge in [-0.2, -0.15) is 0 Å². The van der Waals surface area contributed by atoms with Crippen LogP contribution in [0.25, 0.3) is 0 Å². The lowest BCUT2D eigenvalue weighted by atomic mass is 10.1. The smallest absolute Gasteiger partial charge is 0.191 e. The number of aromatic nitrogens is 2. The molecule has 0 fully saturated rings. The van der Waals surface area contributed by atoms with Crippen molar-refractivity contribution in [3.8, 4) is 0 Å². The minimum Gasteiger partial charge on any atom is -0.366 e. The maximum Gasteiger partial charge on any atom is 0.191 e. The van der Waals surface area contributed by atoms with E-state index in [2.05, 4.69) is 45.0 Å². The number of benzene rings is 1. The Bertz CT molecular complexity index is 569. The summed E-state index contributed by atoms with van der Waals surface area (Å²) in [5, 5.41) is 4.18. The topological polar surface area (TPSA) is 75.9 Å². The van der Waals surface area contributed by atoms with E-state index in [1.807, 2.05) is 12.3 Å². The van der Waals surface area contributed by atoms with E-state index >= 15 is 0 Å². The highest BCUT2D eigenvalue weighted by Crippen LogP contribution is 2.25. The molecule has 1 aliphatic rings. The average Bonchev–Trinajstić information content (AvgIpc) is 2.88. The maximum absolute atomic E-state index is 5.44. The van der Waals surface area contributed by atoms with Gasteiger partial charge in [0.25, 0.3) is 0 Å². The van der Waals surface area contributed by atoms with Crippen LogP contribution < -0.4 is 16.6 Å². The van der Waals surface area contributed by atoms with Gasteiger partial charge in [-0.1, -0.05) is 36.0 Å². The molecule has 2 aromatic rings. The average molecular weight is 287 g/mol. The van der Waals surface area contributed by atoms with Gasteiger partial charge in [-0.15, -0.1) is 0 Å². The van der Waals surface area contributed by atoms with Crippen molar-refractivity contribution >= 4 is 23.4 Å². The fourth-order valence-corrected chi connectivity index (χ4v) is 2.91. The minimum absolute atomic E-state index is 0.377. The molecule has 0 aliphatic heterocycles. The molecular formula is C14H17N5S. The van der Waals surface area contributed by atoms with Gasteiger partial charge in [0.2, 0.25) is 0 Å². The lowest BCUT2D eigenvalue weighted by Gasteiger charge is -2.14. The first-order chi connectivity index (χ1) is 9.78. The summed E-state index contributed by atoms with van der Waals surface area (Å²) in [5.41, 5.74) is 5.42.